The van der Waals surface area contributed by atoms with E-state index in [0.29, 0.717) is 18.7 Å². The SMILES string of the molecule is Cc1ccc(Cn2nc(C)c(C(=O)NCc3ccccn3)c2C)cc1. The zero-order valence-electron chi connectivity index (χ0n) is 14.8. The Bertz CT molecular complexity index is 867. The minimum absolute atomic E-state index is 0.115. The molecule has 2 aromatic heterocycles. The molecule has 0 aliphatic rings. The van der Waals surface area contributed by atoms with E-state index >= 15 is 0 Å². The molecule has 3 rings (SSSR count). The fraction of sp³-hybridized carbons (Fsp3) is 0.250. The number of aromatic nitrogens is 3. The molecule has 5 nitrogen and oxygen atoms in total. The molecule has 0 bridgehead atoms. The number of rotatable bonds is 5. The van der Waals surface area contributed by atoms with Crippen LogP contribution in [-0.4, -0.2) is 20.7 Å². The normalized spacial score (nSPS) is 10.7. The number of hydrogen-bond acceptors (Lipinski definition) is 3. The lowest BCUT2D eigenvalue weighted by Crippen LogP contribution is -2.24. The zero-order valence-corrected chi connectivity index (χ0v) is 14.8. The molecule has 5 heteroatoms. The molecule has 0 fully saturated rings. The van der Waals surface area contributed by atoms with E-state index < -0.39 is 0 Å². The highest BCUT2D eigenvalue weighted by molar-refractivity contribution is 5.96. The first-order chi connectivity index (χ1) is 12.0. The molecular formula is C20H22N4O. The van der Waals surface area contributed by atoms with Crippen LogP contribution in [0.2, 0.25) is 0 Å². The van der Waals surface area contributed by atoms with Crippen LogP contribution in [0.15, 0.2) is 48.7 Å². The average molecular weight is 334 g/mol. The van der Waals surface area contributed by atoms with Crippen molar-refractivity contribution >= 4 is 5.91 Å². The number of aryl methyl sites for hydroxylation is 2. The van der Waals surface area contributed by atoms with Gasteiger partial charge in [-0.25, -0.2) is 0 Å². The Labute approximate surface area is 147 Å². The van der Waals surface area contributed by atoms with Gasteiger partial charge in [0.25, 0.3) is 5.91 Å². The Morgan fingerprint density at radius 2 is 1.84 bits per heavy atom. The van der Waals surface area contributed by atoms with Gasteiger partial charge >= 0.3 is 0 Å². The highest BCUT2D eigenvalue weighted by Crippen LogP contribution is 2.15. The topological polar surface area (TPSA) is 59.8 Å². The predicted octanol–water partition coefficient (Wildman–Crippen LogP) is 3.18. The summed E-state index contributed by atoms with van der Waals surface area (Å²) in [5, 5.41) is 7.47. The number of hydrogen-bond donors (Lipinski definition) is 1. The summed E-state index contributed by atoms with van der Waals surface area (Å²) in [5.74, 6) is -0.115. The van der Waals surface area contributed by atoms with Crippen LogP contribution in [0.4, 0.5) is 0 Å². The average Bonchev–Trinajstić information content (AvgIpc) is 2.89. The maximum atomic E-state index is 12.6. The standard InChI is InChI=1S/C20H22N4O/c1-14-7-9-17(10-8-14)13-24-16(3)19(15(2)23-24)20(25)22-12-18-6-4-5-11-21-18/h4-11H,12-13H2,1-3H3,(H,22,25). The van der Waals surface area contributed by atoms with Crippen molar-refractivity contribution in [3.63, 3.8) is 0 Å². The molecule has 128 valence electrons. The van der Waals surface area contributed by atoms with Crippen LogP contribution >= 0.6 is 0 Å². The summed E-state index contributed by atoms with van der Waals surface area (Å²) in [7, 11) is 0. The van der Waals surface area contributed by atoms with E-state index in [0.717, 1.165) is 22.6 Å². The lowest BCUT2D eigenvalue weighted by atomic mass is 10.1. The lowest BCUT2D eigenvalue weighted by Gasteiger charge is -2.07. The van der Waals surface area contributed by atoms with E-state index in [1.807, 2.05) is 36.7 Å². The van der Waals surface area contributed by atoms with Gasteiger partial charge in [-0.1, -0.05) is 35.9 Å². The first-order valence-electron chi connectivity index (χ1n) is 8.32. The van der Waals surface area contributed by atoms with Gasteiger partial charge < -0.3 is 5.32 Å². The number of amides is 1. The van der Waals surface area contributed by atoms with Crippen molar-refractivity contribution in [2.45, 2.75) is 33.9 Å². The van der Waals surface area contributed by atoms with E-state index in [1.54, 1.807) is 6.20 Å². The number of pyridine rings is 1. The first-order valence-corrected chi connectivity index (χ1v) is 8.32. The van der Waals surface area contributed by atoms with Crippen molar-refractivity contribution in [3.8, 4) is 0 Å². The largest absolute Gasteiger partial charge is 0.346 e. The summed E-state index contributed by atoms with van der Waals surface area (Å²) in [6.45, 7) is 6.93. The van der Waals surface area contributed by atoms with Gasteiger partial charge in [0.05, 0.1) is 30.0 Å². The second-order valence-corrected chi connectivity index (χ2v) is 6.19. The molecule has 25 heavy (non-hydrogen) atoms. The summed E-state index contributed by atoms with van der Waals surface area (Å²) < 4.78 is 1.88. The Kier molecular flexibility index (Phi) is 4.93. The molecule has 1 amide bonds. The molecule has 1 N–H and O–H groups in total. The quantitative estimate of drug-likeness (QED) is 0.779. The van der Waals surface area contributed by atoms with E-state index in [9.17, 15) is 4.79 Å². The molecular weight excluding hydrogens is 312 g/mol. The van der Waals surface area contributed by atoms with Crippen LogP contribution in [0, 0.1) is 20.8 Å². The smallest absolute Gasteiger partial charge is 0.255 e. The van der Waals surface area contributed by atoms with Crippen molar-refractivity contribution < 1.29 is 4.79 Å². The third-order valence-electron chi connectivity index (χ3n) is 4.22. The highest BCUT2D eigenvalue weighted by Gasteiger charge is 2.18. The summed E-state index contributed by atoms with van der Waals surface area (Å²) in [4.78, 5) is 16.8. The van der Waals surface area contributed by atoms with Crippen molar-refractivity contribution in [1.29, 1.82) is 0 Å². The van der Waals surface area contributed by atoms with E-state index in [2.05, 4.69) is 46.6 Å². The van der Waals surface area contributed by atoms with Gasteiger partial charge in [0.2, 0.25) is 0 Å². The van der Waals surface area contributed by atoms with Crippen LogP contribution in [0.3, 0.4) is 0 Å². The Balaban J connectivity index is 1.74. The van der Waals surface area contributed by atoms with Gasteiger partial charge in [-0.15, -0.1) is 0 Å². The second-order valence-electron chi connectivity index (χ2n) is 6.19. The number of nitrogens with zero attached hydrogens (tertiary/aromatic N) is 3. The van der Waals surface area contributed by atoms with E-state index in [-0.39, 0.29) is 5.91 Å². The minimum atomic E-state index is -0.115. The van der Waals surface area contributed by atoms with Crippen LogP contribution in [0.1, 0.15) is 38.6 Å². The molecule has 0 aliphatic heterocycles. The molecule has 0 saturated carbocycles. The van der Waals surface area contributed by atoms with Crippen LogP contribution in [-0.2, 0) is 13.1 Å². The summed E-state index contributed by atoms with van der Waals surface area (Å²) in [6, 6.07) is 14.0. The van der Waals surface area contributed by atoms with Crippen molar-refractivity contribution in [2.75, 3.05) is 0 Å². The first kappa shape index (κ1) is 16.9. The maximum Gasteiger partial charge on any atom is 0.255 e. The van der Waals surface area contributed by atoms with Gasteiger partial charge in [0.15, 0.2) is 0 Å². The van der Waals surface area contributed by atoms with Crippen molar-refractivity contribution in [3.05, 3.63) is 82.4 Å². The molecule has 0 unspecified atom stereocenters. The lowest BCUT2D eigenvalue weighted by molar-refractivity contribution is 0.0949. The second kappa shape index (κ2) is 7.30. The summed E-state index contributed by atoms with van der Waals surface area (Å²) >= 11 is 0. The fourth-order valence-electron chi connectivity index (χ4n) is 2.81. The van der Waals surface area contributed by atoms with Crippen LogP contribution in [0.25, 0.3) is 0 Å². The van der Waals surface area contributed by atoms with Crippen molar-refractivity contribution in [1.82, 2.24) is 20.1 Å². The molecule has 3 aromatic rings. The monoisotopic (exact) mass is 334 g/mol. The van der Waals surface area contributed by atoms with Gasteiger partial charge in [-0.2, -0.15) is 5.10 Å². The van der Waals surface area contributed by atoms with Gasteiger partial charge in [0.1, 0.15) is 0 Å². The Morgan fingerprint density at radius 1 is 1.08 bits per heavy atom. The third kappa shape index (κ3) is 3.94. The molecule has 0 atom stereocenters. The van der Waals surface area contributed by atoms with Gasteiger partial charge in [0, 0.05) is 11.9 Å². The molecule has 0 spiro atoms. The number of carbonyl (C=O) groups is 1. The van der Waals surface area contributed by atoms with Crippen molar-refractivity contribution in [2.24, 2.45) is 0 Å². The maximum absolute atomic E-state index is 12.6. The number of nitrogens with one attached hydrogen (secondary N) is 1. The zero-order chi connectivity index (χ0) is 17.8. The van der Waals surface area contributed by atoms with E-state index in [4.69, 9.17) is 0 Å². The molecule has 2 heterocycles. The Morgan fingerprint density at radius 3 is 2.52 bits per heavy atom. The van der Waals surface area contributed by atoms with Crippen LogP contribution in [0.5, 0.6) is 0 Å². The molecule has 0 aliphatic carbocycles. The Hall–Kier alpha value is -2.95. The van der Waals surface area contributed by atoms with Crippen LogP contribution < -0.4 is 5.32 Å². The number of carbonyl (C=O) groups excluding carboxylic acids is 1. The molecule has 0 radical (unpaired) electrons. The highest BCUT2D eigenvalue weighted by atomic mass is 16.1. The van der Waals surface area contributed by atoms with E-state index in [1.165, 1.54) is 5.56 Å². The summed E-state index contributed by atoms with van der Waals surface area (Å²) in [5.41, 5.74) is 5.48. The third-order valence-corrected chi connectivity index (χ3v) is 4.22. The number of benzene rings is 1. The van der Waals surface area contributed by atoms with Gasteiger partial charge in [-0.3, -0.25) is 14.5 Å². The molecule has 1 aromatic carbocycles. The van der Waals surface area contributed by atoms with Gasteiger partial charge in [-0.05, 0) is 38.5 Å². The summed E-state index contributed by atoms with van der Waals surface area (Å²) in [6.07, 6.45) is 1.72. The minimum Gasteiger partial charge on any atom is -0.346 e. The fourth-order valence-corrected chi connectivity index (χ4v) is 2.81. The molecule has 0 saturated heterocycles. The predicted molar refractivity (Wildman–Crippen MR) is 97.4 cm³/mol.